The second kappa shape index (κ2) is 4.81. The molecule has 2 aromatic rings. The number of nitrogens with two attached hydrogens (primary N) is 2. The SMILES string of the molecule is NNc1nc(-n2ccc(C(N)=O)n2)c(Cl)cc1Cl. The number of carbonyl (C=O) groups excluding carboxylic acids is 1. The van der Waals surface area contributed by atoms with Crippen LogP contribution in [0.4, 0.5) is 5.82 Å². The number of hydrazine groups is 1. The number of pyridine rings is 1. The zero-order chi connectivity index (χ0) is 13.3. The molecule has 2 rings (SSSR count). The van der Waals surface area contributed by atoms with Crippen LogP contribution in [0.1, 0.15) is 10.5 Å². The second-order valence-electron chi connectivity index (χ2n) is 3.28. The highest BCUT2D eigenvalue weighted by atomic mass is 35.5. The van der Waals surface area contributed by atoms with E-state index in [0.29, 0.717) is 0 Å². The van der Waals surface area contributed by atoms with Crippen molar-refractivity contribution in [2.75, 3.05) is 5.43 Å². The third kappa shape index (κ3) is 2.23. The molecule has 94 valence electrons. The number of anilines is 1. The Labute approximate surface area is 112 Å². The second-order valence-corrected chi connectivity index (χ2v) is 4.09. The third-order valence-corrected chi connectivity index (χ3v) is 2.67. The van der Waals surface area contributed by atoms with Gasteiger partial charge in [0.05, 0.1) is 10.0 Å². The Hall–Kier alpha value is -1.83. The average molecular weight is 287 g/mol. The molecule has 5 N–H and O–H groups in total. The van der Waals surface area contributed by atoms with E-state index in [1.807, 2.05) is 0 Å². The summed E-state index contributed by atoms with van der Waals surface area (Å²) in [6.45, 7) is 0. The monoisotopic (exact) mass is 286 g/mol. The summed E-state index contributed by atoms with van der Waals surface area (Å²) in [6.07, 6.45) is 1.50. The highest BCUT2D eigenvalue weighted by Gasteiger charge is 2.13. The van der Waals surface area contributed by atoms with E-state index >= 15 is 0 Å². The number of aromatic nitrogens is 3. The Morgan fingerprint density at radius 1 is 1.39 bits per heavy atom. The molecule has 0 unspecified atom stereocenters. The van der Waals surface area contributed by atoms with Crippen molar-refractivity contribution in [2.45, 2.75) is 0 Å². The van der Waals surface area contributed by atoms with E-state index in [0.717, 1.165) is 0 Å². The van der Waals surface area contributed by atoms with Crippen LogP contribution in [0.25, 0.3) is 5.82 Å². The summed E-state index contributed by atoms with van der Waals surface area (Å²) in [5, 5.41) is 4.46. The van der Waals surface area contributed by atoms with Gasteiger partial charge in [-0.15, -0.1) is 0 Å². The average Bonchev–Trinajstić information content (AvgIpc) is 2.78. The minimum Gasteiger partial charge on any atom is -0.364 e. The molecule has 1 amide bonds. The molecule has 0 aliphatic heterocycles. The van der Waals surface area contributed by atoms with E-state index in [1.165, 1.54) is 23.0 Å². The molecule has 0 fully saturated rings. The summed E-state index contributed by atoms with van der Waals surface area (Å²) < 4.78 is 1.31. The number of nitrogen functional groups attached to an aromatic ring is 1. The highest BCUT2D eigenvalue weighted by molar-refractivity contribution is 6.36. The zero-order valence-corrected chi connectivity index (χ0v) is 10.4. The largest absolute Gasteiger partial charge is 0.364 e. The van der Waals surface area contributed by atoms with E-state index in [1.54, 1.807) is 0 Å². The Bertz CT molecular complexity index is 611. The molecule has 0 saturated carbocycles. The van der Waals surface area contributed by atoms with Crippen LogP contribution in [-0.4, -0.2) is 20.7 Å². The van der Waals surface area contributed by atoms with Gasteiger partial charge in [-0.1, -0.05) is 23.2 Å². The summed E-state index contributed by atoms with van der Waals surface area (Å²) in [6, 6.07) is 2.91. The zero-order valence-electron chi connectivity index (χ0n) is 8.89. The lowest BCUT2D eigenvalue weighted by molar-refractivity contribution is 0.0995. The topological polar surface area (TPSA) is 112 Å². The van der Waals surface area contributed by atoms with Crippen molar-refractivity contribution in [1.29, 1.82) is 0 Å². The number of halogens is 2. The van der Waals surface area contributed by atoms with Gasteiger partial charge in [0.2, 0.25) is 0 Å². The van der Waals surface area contributed by atoms with Gasteiger partial charge in [-0.25, -0.2) is 15.5 Å². The van der Waals surface area contributed by atoms with Crippen LogP contribution >= 0.6 is 23.2 Å². The van der Waals surface area contributed by atoms with Gasteiger partial charge in [-0.05, 0) is 12.1 Å². The molecule has 18 heavy (non-hydrogen) atoms. The fourth-order valence-corrected chi connectivity index (χ4v) is 1.79. The number of carbonyl (C=O) groups is 1. The molecule has 0 bridgehead atoms. The van der Waals surface area contributed by atoms with Crippen LogP contribution < -0.4 is 17.0 Å². The van der Waals surface area contributed by atoms with Crippen molar-refractivity contribution in [1.82, 2.24) is 14.8 Å². The number of primary amides is 1. The molecular formula is C9H8Cl2N6O. The summed E-state index contributed by atoms with van der Waals surface area (Å²) in [7, 11) is 0. The molecule has 0 saturated heterocycles. The Morgan fingerprint density at radius 3 is 2.67 bits per heavy atom. The van der Waals surface area contributed by atoms with Gasteiger partial charge in [-0.2, -0.15) is 5.10 Å². The van der Waals surface area contributed by atoms with Crippen LogP contribution in [0.2, 0.25) is 10.0 Å². The molecular weight excluding hydrogens is 279 g/mol. The molecule has 2 aromatic heterocycles. The van der Waals surface area contributed by atoms with E-state index in [2.05, 4.69) is 15.5 Å². The first kappa shape index (κ1) is 12.6. The van der Waals surface area contributed by atoms with Gasteiger partial charge in [0.1, 0.15) is 5.69 Å². The van der Waals surface area contributed by atoms with Gasteiger partial charge in [-0.3, -0.25) is 4.79 Å². The maximum absolute atomic E-state index is 10.9. The molecule has 0 aromatic carbocycles. The maximum Gasteiger partial charge on any atom is 0.269 e. The first-order valence-electron chi connectivity index (χ1n) is 4.71. The number of amides is 1. The predicted octanol–water partition coefficient (Wildman–Crippen LogP) is 0.959. The first-order valence-corrected chi connectivity index (χ1v) is 5.47. The fraction of sp³-hybridized carbons (Fsp3) is 0. The van der Waals surface area contributed by atoms with E-state index in [4.69, 9.17) is 34.8 Å². The van der Waals surface area contributed by atoms with Crippen LogP contribution in [0, 0.1) is 0 Å². The van der Waals surface area contributed by atoms with Crippen LogP contribution in [0.5, 0.6) is 0 Å². The fourth-order valence-electron chi connectivity index (χ4n) is 1.29. The normalized spacial score (nSPS) is 10.4. The van der Waals surface area contributed by atoms with Crippen molar-refractivity contribution in [3.05, 3.63) is 34.1 Å². The summed E-state index contributed by atoms with van der Waals surface area (Å²) in [5.74, 6) is 5.14. The lowest BCUT2D eigenvalue weighted by Crippen LogP contribution is -2.13. The van der Waals surface area contributed by atoms with Crippen LogP contribution in [0.15, 0.2) is 18.3 Å². The Morgan fingerprint density at radius 2 is 2.11 bits per heavy atom. The number of nitrogens with one attached hydrogen (secondary N) is 1. The standard InChI is InChI=1S/C9H8Cl2N6O/c10-4-3-5(11)9(14-8(4)15-13)17-2-1-6(16-17)7(12)18/h1-3H,13H2,(H2,12,18)(H,14,15). The summed E-state index contributed by atoms with van der Waals surface area (Å²) >= 11 is 11.8. The van der Waals surface area contributed by atoms with Crippen molar-refractivity contribution in [3.8, 4) is 5.82 Å². The van der Waals surface area contributed by atoms with Crippen molar-refractivity contribution < 1.29 is 4.79 Å². The number of hydrogen-bond donors (Lipinski definition) is 3. The van der Waals surface area contributed by atoms with E-state index in [-0.39, 0.29) is 27.4 Å². The summed E-state index contributed by atoms with van der Waals surface area (Å²) in [5.41, 5.74) is 7.53. The highest BCUT2D eigenvalue weighted by Crippen LogP contribution is 2.27. The number of rotatable bonds is 3. The predicted molar refractivity (Wildman–Crippen MR) is 67.7 cm³/mol. The van der Waals surface area contributed by atoms with Crippen molar-refractivity contribution in [2.24, 2.45) is 11.6 Å². The molecule has 9 heteroatoms. The van der Waals surface area contributed by atoms with Gasteiger partial charge in [0.25, 0.3) is 5.91 Å². The Balaban J connectivity index is 2.52. The van der Waals surface area contributed by atoms with E-state index < -0.39 is 5.91 Å². The molecule has 0 atom stereocenters. The minimum absolute atomic E-state index is 0.102. The van der Waals surface area contributed by atoms with Gasteiger partial charge in [0, 0.05) is 6.20 Å². The van der Waals surface area contributed by atoms with E-state index in [9.17, 15) is 4.79 Å². The maximum atomic E-state index is 10.9. The molecule has 0 radical (unpaired) electrons. The summed E-state index contributed by atoms with van der Waals surface area (Å²) in [4.78, 5) is 15.0. The number of hydrogen-bond acceptors (Lipinski definition) is 5. The van der Waals surface area contributed by atoms with Crippen LogP contribution in [-0.2, 0) is 0 Å². The van der Waals surface area contributed by atoms with Gasteiger partial charge in [0.15, 0.2) is 11.6 Å². The first-order chi connectivity index (χ1) is 8.52. The molecule has 2 heterocycles. The number of nitrogens with zero attached hydrogens (tertiary/aromatic N) is 3. The Kier molecular flexibility index (Phi) is 3.37. The van der Waals surface area contributed by atoms with Crippen molar-refractivity contribution in [3.63, 3.8) is 0 Å². The van der Waals surface area contributed by atoms with Gasteiger partial charge >= 0.3 is 0 Å². The minimum atomic E-state index is -0.643. The van der Waals surface area contributed by atoms with Crippen molar-refractivity contribution >= 4 is 34.9 Å². The van der Waals surface area contributed by atoms with Crippen LogP contribution in [0.3, 0.4) is 0 Å². The van der Waals surface area contributed by atoms with Gasteiger partial charge < -0.3 is 11.2 Å². The lowest BCUT2D eigenvalue weighted by atomic mass is 10.4. The third-order valence-electron chi connectivity index (χ3n) is 2.11. The molecule has 7 nitrogen and oxygen atoms in total. The molecule has 0 aliphatic carbocycles. The molecule has 0 aliphatic rings. The lowest BCUT2D eigenvalue weighted by Gasteiger charge is -2.07. The molecule has 0 spiro atoms. The quantitative estimate of drug-likeness (QED) is 0.575. The smallest absolute Gasteiger partial charge is 0.269 e.